The van der Waals surface area contributed by atoms with Crippen molar-refractivity contribution >= 4 is 27.5 Å². The lowest BCUT2D eigenvalue weighted by Crippen LogP contribution is -2.33. The molecule has 0 aliphatic carbocycles. The molecule has 0 fully saturated rings. The Kier molecular flexibility index (Phi) is 5.93. The fourth-order valence-corrected chi connectivity index (χ4v) is 2.82. The summed E-state index contributed by atoms with van der Waals surface area (Å²) in [5.74, 6) is 0.614. The Bertz CT molecular complexity index is 368. The molecule has 0 radical (unpaired) electrons. The van der Waals surface area contributed by atoms with Gasteiger partial charge >= 0.3 is 0 Å². The molecule has 17 heavy (non-hydrogen) atoms. The van der Waals surface area contributed by atoms with Gasteiger partial charge in [0.1, 0.15) is 0 Å². The summed E-state index contributed by atoms with van der Waals surface area (Å²) in [6.07, 6.45) is 0. The van der Waals surface area contributed by atoms with Crippen LogP contribution in [0.5, 0.6) is 0 Å². The van der Waals surface area contributed by atoms with Crippen molar-refractivity contribution in [2.75, 3.05) is 20.1 Å². The van der Waals surface area contributed by atoms with Crippen molar-refractivity contribution in [3.63, 3.8) is 0 Å². The topological polar surface area (TPSA) is 29.3 Å². The highest BCUT2D eigenvalue weighted by Crippen LogP contribution is 2.29. The number of rotatable bonds is 5. The monoisotopic (exact) mass is 318 g/mol. The molecule has 2 N–H and O–H groups in total. The molecule has 1 atom stereocenters. The molecule has 0 bridgehead atoms. The maximum atomic E-state index is 6.27. The van der Waals surface area contributed by atoms with Gasteiger partial charge < -0.3 is 5.73 Å². The Morgan fingerprint density at radius 2 is 2.06 bits per heavy atom. The summed E-state index contributed by atoms with van der Waals surface area (Å²) in [5, 5.41) is 0.769. The van der Waals surface area contributed by atoms with Crippen LogP contribution < -0.4 is 5.73 Å². The molecule has 1 unspecified atom stereocenters. The molecule has 0 amide bonds. The number of likely N-dealkylation sites (N-methyl/N-ethyl adjacent to an activating group) is 1. The van der Waals surface area contributed by atoms with Gasteiger partial charge in [-0.15, -0.1) is 0 Å². The number of halogens is 2. The molecule has 0 saturated carbocycles. The van der Waals surface area contributed by atoms with Gasteiger partial charge in [0.2, 0.25) is 0 Å². The van der Waals surface area contributed by atoms with Crippen LogP contribution in [0.1, 0.15) is 25.5 Å². The third-order valence-corrected chi connectivity index (χ3v) is 3.55. The summed E-state index contributed by atoms with van der Waals surface area (Å²) in [4.78, 5) is 2.26. The lowest BCUT2D eigenvalue weighted by atomic mass is 10.0. The van der Waals surface area contributed by atoms with E-state index in [9.17, 15) is 0 Å². The van der Waals surface area contributed by atoms with Gasteiger partial charge in [0.15, 0.2) is 0 Å². The second kappa shape index (κ2) is 6.74. The highest BCUT2D eigenvalue weighted by Gasteiger charge is 2.18. The number of hydrogen-bond acceptors (Lipinski definition) is 2. The van der Waals surface area contributed by atoms with Crippen molar-refractivity contribution in [1.29, 1.82) is 0 Å². The molecule has 1 aromatic carbocycles. The second-order valence-electron chi connectivity index (χ2n) is 4.75. The molecule has 1 rings (SSSR count). The van der Waals surface area contributed by atoms with Crippen molar-refractivity contribution in [1.82, 2.24) is 4.90 Å². The zero-order chi connectivity index (χ0) is 13.0. The largest absolute Gasteiger partial charge is 0.329 e. The van der Waals surface area contributed by atoms with E-state index in [4.69, 9.17) is 17.3 Å². The van der Waals surface area contributed by atoms with E-state index in [1.54, 1.807) is 0 Å². The first kappa shape index (κ1) is 15.0. The van der Waals surface area contributed by atoms with Gasteiger partial charge in [0, 0.05) is 28.6 Å². The first-order valence-corrected chi connectivity index (χ1v) is 6.98. The molecular weight excluding hydrogens is 300 g/mol. The van der Waals surface area contributed by atoms with Crippen molar-refractivity contribution in [2.45, 2.75) is 19.9 Å². The van der Waals surface area contributed by atoms with E-state index in [1.165, 1.54) is 0 Å². The zero-order valence-electron chi connectivity index (χ0n) is 10.6. The van der Waals surface area contributed by atoms with Crippen molar-refractivity contribution in [3.05, 3.63) is 33.3 Å². The Labute approximate surface area is 117 Å². The van der Waals surface area contributed by atoms with Crippen molar-refractivity contribution < 1.29 is 0 Å². The second-order valence-corrected chi connectivity index (χ2v) is 6.07. The fraction of sp³-hybridized carbons (Fsp3) is 0.538. The zero-order valence-corrected chi connectivity index (χ0v) is 12.9. The lowest BCUT2D eigenvalue weighted by molar-refractivity contribution is 0.224. The summed E-state index contributed by atoms with van der Waals surface area (Å²) in [6.45, 7) is 5.99. The number of nitrogens with zero attached hydrogens (tertiary/aromatic N) is 1. The smallest absolute Gasteiger partial charge is 0.0482 e. The maximum Gasteiger partial charge on any atom is 0.0482 e. The summed E-state index contributed by atoms with van der Waals surface area (Å²) in [7, 11) is 2.09. The Morgan fingerprint density at radius 3 is 2.53 bits per heavy atom. The standard InChI is InChI=1S/C13H20BrClN2/c1-9(2)8-17(3)13(7-16)11-5-4-10(14)6-12(11)15/h4-6,9,13H,7-8,16H2,1-3H3. The summed E-state index contributed by atoms with van der Waals surface area (Å²) in [5.41, 5.74) is 6.97. The van der Waals surface area contributed by atoms with Crippen LogP contribution in [0.4, 0.5) is 0 Å². The van der Waals surface area contributed by atoms with Gasteiger partial charge in [-0.25, -0.2) is 0 Å². The first-order chi connectivity index (χ1) is 7.95. The molecule has 1 aromatic rings. The van der Waals surface area contributed by atoms with Crippen LogP contribution in [-0.2, 0) is 0 Å². The molecule has 0 heterocycles. The van der Waals surface area contributed by atoms with E-state index in [0.29, 0.717) is 12.5 Å². The SMILES string of the molecule is CC(C)CN(C)C(CN)c1ccc(Br)cc1Cl. The van der Waals surface area contributed by atoms with E-state index in [1.807, 2.05) is 18.2 Å². The van der Waals surface area contributed by atoms with Crippen LogP contribution in [0.15, 0.2) is 22.7 Å². The summed E-state index contributed by atoms with van der Waals surface area (Å²) in [6, 6.07) is 6.15. The van der Waals surface area contributed by atoms with Crippen molar-refractivity contribution in [3.8, 4) is 0 Å². The van der Waals surface area contributed by atoms with Crippen LogP contribution in [0.25, 0.3) is 0 Å². The molecule has 4 heteroatoms. The third-order valence-electron chi connectivity index (χ3n) is 2.73. The van der Waals surface area contributed by atoms with E-state index >= 15 is 0 Å². The molecule has 0 aliphatic rings. The predicted octanol–water partition coefficient (Wildman–Crippen LogP) is 3.69. The van der Waals surface area contributed by atoms with Crippen molar-refractivity contribution in [2.24, 2.45) is 11.7 Å². The van der Waals surface area contributed by atoms with Gasteiger partial charge in [0.05, 0.1) is 0 Å². The molecule has 96 valence electrons. The average molecular weight is 320 g/mol. The lowest BCUT2D eigenvalue weighted by Gasteiger charge is -2.29. The Hall–Kier alpha value is -0.0900. The minimum Gasteiger partial charge on any atom is -0.329 e. The van der Waals surface area contributed by atoms with Crippen LogP contribution >= 0.6 is 27.5 Å². The van der Waals surface area contributed by atoms with Gasteiger partial charge in [0.25, 0.3) is 0 Å². The normalized spacial score (nSPS) is 13.4. The highest BCUT2D eigenvalue weighted by molar-refractivity contribution is 9.10. The maximum absolute atomic E-state index is 6.27. The van der Waals surface area contributed by atoms with Crippen LogP contribution in [0, 0.1) is 5.92 Å². The third kappa shape index (κ3) is 4.25. The molecule has 2 nitrogen and oxygen atoms in total. The van der Waals surface area contributed by atoms with Crippen LogP contribution in [-0.4, -0.2) is 25.0 Å². The quantitative estimate of drug-likeness (QED) is 0.897. The molecule has 0 aliphatic heterocycles. The molecule has 0 saturated heterocycles. The van der Waals surface area contributed by atoms with E-state index in [-0.39, 0.29) is 6.04 Å². The summed E-state index contributed by atoms with van der Waals surface area (Å²) >= 11 is 9.69. The van der Waals surface area contributed by atoms with Gasteiger partial charge in [-0.2, -0.15) is 0 Å². The number of nitrogens with two attached hydrogens (primary N) is 1. The minimum atomic E-state index is 0.179. The highest BCUT2D eigenvalue weighted by atomic mass is 79.9. The predicted molar refractivity (Wildman–Crippen MR) is 78.4 cm³/mol. The van der Waals surface area contributed by atoms with Crippen LogP contribution in [0.2, 0.25) is 5.02 Å². The van der Waals surface area contributed by atoms with E-state index in [2.05, 4.69) is 41.7 Å². The number of benzene rings is 1. The van der Waals surface area contributed by atoms with Gasteiger partial charge in [-0.3, -0.25) is 4.90 Å². The summed E-state index contributed by atoms with van der Waals surface area (Å²) < 4.78 is 0.994. The number of hydrogen-bond donors (Lipinski definition) is 1. The average Bonchev–Trinajstić information content (AvgIpc) is 2.21. The van der Waals surface area contributed by atoms with E-state index in [0.717, 1.165) is 21.6 Å². The van der Waals surface area contributed by atoms with E-state index < -0.39 is 0 Å². The Balaban J connectivity index is 2.93. The van der Waals surface area contributed by atoms with Gasteiger partial charge in [-0.05, 0) is 30.7 Å². The van der Waals surface area contributed by atoms with Crippen LogP contribution in [0.3, 0.4) is 0 Å². The first-order valence-electron chi connectivity index (χ1n) is 5.81. The molecule has 0 spiro atoms. The molecule has 0 aromatic heterocycles. The molecular formula is C13H20BrClN2. The Morgan fingerprint density at radius 1 is 1.41 bits per heavy atom. The fourth-order valence-electron chi connectivity index (χ4n) is 2.02. The van der Waals surface area contributed by atoms with Gasteiger partial charge in [-0.1, -0.05) is 47.4 Å². The minimum absolute atomic E-state index is 0.179.